The number of carbonyl (C=O) groups excluding carboxylic acids is 1. The number of aromatic nitrogens is 2. The fourth-order valence-corrected chi connectivity index (χ4v) is 8.50. The van der Waals surface area contributed by atoms with E-state index in [0.717, 1.165) is 10.9 Å². The highest BCUT2D eigenvalue weighted by Gasteiger charge is 2.47. The van der Waals surface area contributed by atoms with Crippen molar-refractivity contribution in [3.8, 4) is 17.2 Å². The Balaban J connectivity index is 1.06. The summed E-state index contributed by atoms with van der Waals surface area (Å²) in [7, 11) is -4.25. The molecule has 1 fully saturated rings. The monoisotopic (exact) mass is 802 g/mol. The van der Waals surface area contributed by atoms with Crippen LogP contribution in [0.5, 0.6) is 17.2 Å². The molecule has 0 radical (unpaired) electrons. The minimum absolute atomic E-state index is 0.00275. The lowest BCUT2D eigenvalue weighted by Gasteiger charge is -2.40. The SMILES string of the molecule is CC(C)(C)[Si](C)(C)OC[C@H]1O[C@@H](n2cc3c(nc2=O)Nc2c(OCCNC(=O)OCCc4ccc5ccccc5c4)cccc2O3)C[C@@H]1O[Si](C)(C)C(C)(C)C. The Labute approximate surface area is 332 Å². The van der Waals surface area contributed by atoms with Gasteiger partial charge in [0.1, 0.15) is 30.4 Å². The second-order valence-electron chi connectivity index (χ2n) is 17.7. The zero-order chi connectivity index (χ0) is 40.5. The third-order valence-electron chi connectivity index (χ3n) is 11.6. The first-order valence-electron chi connectivity index (χ1n) is 19.5. The van der Waals surface area contributed by atoms with Crippen LogP contribution in [0.2, 0.25) is 36.3 Å². The van der Waals surface area contributed by atoms with Crippen molar-refractivity contribution in [2.75, 3.05) is 31.7 Å². The molecule has 0 aliphatic carbocycles. The van der Waals surface area contributed by atoms with Crippen LogP contribution in [0.15, 0.2) is 71.7 Å². The summed E-state index contributed by atoms with van der Waals surface area (Å²) < 4.78 is 39.3. The number of carbonyl (C=O) groups is 1. The Morgan fingerprint density at radius 1 is 0.929 bits per heavy atom. The van der Waals surface area contributed by atoms with Gasteiger partial charge in [0, 0.05) is 12.8 Å². The van der Waals surface area contributed by atoms with Gasteiger partial charge in [0.2, 0.25) is 0 Å². The molecule has 0 bridgehead atoms. The second-order valence-corrected chi connectivity index (χ2v) is 27.3. The molecule has 6 rings (SSSR count). The van der Waals surface area contributed by atoms with E-state index in [9.17, 15) is 9.59 Å². The minimum Gasteiger partial charge on any atom is -0.489 e. The van der Waals surface area contributed by atoms with E-state index < -0.39 is 34.6 Å². The zero-order valence-corrected chi connectivity index (χ0v) is 36.5. The van der Waals surface area contributed by atoms with E-state index in [1.165, 1.54) is 9.95 Å². The van der Waals surface area contributed by atoms with Crippen molar-refractivity contribution >= 4 is 45.0 Å². The predicted molar refractivity (Wildman–Crippen MR) is 225 cm³/mol. The Hall–Kier alpha value is -4.22. The van der Waals surface area contributed by atoms with Crippen LogP contribution in [0.1, 0.15) is 59.8 Å². The first kappa shape index (κ1) is 41.4. The van der Waals surface area contributed by atoms with Crippen molar-refractivity contribution in [1.29, 1.82) is 0 Å². The van der Waals surface area contributed by atoms with Gasteiger partial charge in [0.25, 0.3) is 0 Å². The molecule has 1 saturated heterocycles. The first-order valence-corrected chi connectivity index (χ1v) is 25.3. The Kier molecular flexibility index (Phi) is 12.1. The summed E-state index contributed by atoms with van der Waals surface area (Å²) in [6, 6.07) is 19.8. The average Bonchev–Trinajstić information content (AvgIpc) is 3.52. The molecule has 2 aliphatic heterocycles. The molecule has 0 spiro atoms. The summed E-state index contributed by atoms with van der Waals surface area (Å²) in [4.78, 5) is 30.3. The van der Waals surface area contributed by atoms with Gasteiger partial charge in [0.15, 0.2) is 34.0 Å². The maximum Gasteiger partial charge on any atom is 0.407 e. The van der Waals surface area contributed by atoms with E-state index in [1.54, 1.807) is 12.3 Å². The number of hydrogen-bond donors (Lipinski definition) is 2. The molecule has 4 aromatic rings. The van der Waals surface area contributed by atoms with Crippen LogP contribution < -0.4 is 25.8 Å². The summed E-state index contributed by atoms with van der Waals surface area (Å²) >= 11 is 0. The Morgan fingerprint density at radius 2 is 1.66 bits per heavy atom. The highest BCUT2D eigenvalue weighted by atomic mass is 28.4. The Bertz CT molecular complexity index is 2090. The van der Waals surface area contributed by atoms with Crippen LogP contribution in [-0.2, 0) is 24.7 Å². The lowest BCUT2D eigenvalue weighted by atomic mass is 10.1. The van der Waals surface area contributed by atoms with Gasteiger partial charge in [-0.15, -0.1) is 0 Å². The number of ether oxygens (including phenoxy) is 4. The van der Waals surface area contributed by atoms with E-state index in [1.807, 2.05) is 30.3 Å². The number of anilines is 2. The van der Waals surface area contributed by atoms with E-state index in [0.29, 0.717) is 42.4 Å². The van der Waals surface area contributed by atoms with Gasteiger partial charge >= 0.3 is 11.8 Å². The topological polar surface area (TPSA) is 131 Å². The van der Waals surface area contributed by atoms with Crippen molar-refractivity contribution in [2.45, 2.75) is 109 Å². The number of rotatable bonds is 13. The van der Waals surface area contributed by atoms with Gasteiger partial charge in [-0.05, 0) is 64.7 Å². The first-order chi connectivity index (χ1) is 26.3. The lowest BCUT2D eigenvalue weighted by Crippen LogP contribution is -2.48. The van der Waals surface area contributed by atoms with Crippen molar-refractivity contribution in [1.82, 2.24) is 14.9 Å². The summed E-state index contributed by atoms with van der Waals surface area (Å²) in [5, 5.41) is 8.32. The predicted octanol–water partition coefficient (Wildman–Crippen LogP) is 9.29. The smallest absolute Gasteiger partial charge is 0.407 e. The molecule has 302 valence electrons. The highest BCUT2D eigenvalue weighted by Crippen LogP contribution is 2.46. The lowest BCUT2D eigenvalue weighted by molar-refractivity contribution is -0.0413. The second kappa shape index (κ2) is 16.3. The van der Waals surface area contributed by atoms with Crippen molar-refractivity contribution < 1.29 is 32.6 Å². The molecular weight excluding hydrogens is 745 g/mol. The molecule has 56 heavy (non-hydrogen) atoms. The summed E-state index contributed by atoms with van der Waals surface area (Å²) in [6.45, 7) is 23.2. The van der Waals surface area contributed by atoms with Crippen molar-refractivity contribution in [3.63, 3.8) is 0 Å². The maximum atomic E-state index is 13.6. The van der Waals surface area contributed by atoms with E-state index >= 15 is 0 Å². The van der Waals surface area contributed by atoms with Crippen LogP contribution in [0.3, 0.4) is 0 Å². The number of nitrogens with one attached hydrogen (secondary N) is 2. The van der Waals surface area contributed by atoms with E-state index in [-0.39, 0.29) is 47.9 Å². The molecular formula is C42H58N4O8Si2. The third-order valence-corrected chi connectivity index (χ3v) is 20.6. The quantitative estimate of drug-likeness (QED) is 0.0877. The number of hydrogen-bond acceptors (Lipinski definition) is 10. The van der Waals surface area contributed by atoms with Gasteiger partial charge in [-0.3, -0.25) is 4.57 Å². The molecule has 1 amide bonds. The molecule has 2 N–H and O–H groups in total. The van der Waals surface area contributed by atoms with Gasteiger partial charge < -0.3 is 38.4 Å². The van der Waals surface area contributed by atoms with Gasteiger partial charge in [-0.2, -0.15) is 4.98 Å². The standard InChI is InChI=1S/C42H58N4O8Si2/c1-41(2,3)55(7,8)51-27-35-33(54-56(9,10)42(4,5)6)25-36(53-35)46-26-34-38(45-39(46)47)44-37-31(16-13-17-32(37)52-34)49-23-21-43-40(48)50-22-20-28-18-19-29-14-11-12-15-30(29)24-28/h11-19,24,26,33,35-36H,20-23,25,27H2,1-10H3,(H,43,48)(H,44,45,47)/t33-,35+,36+/m0/s1. The minimum atomic E-state index is -2.18. The fraction of sp³-hybridized carbons (Fsp3) is 0.500. The number of fused-ring (bicyclic) bond motifs is 3. The molecule has 3 aromatic carbocycles. The molecule has 3 heterocycles. The van der Waals surface area contributed by atoms with Crippen molar-refractivity contribution in [2.24, 2.45) is 0 Å². The molecule has 2 aliphatic rings. The molecule has 14 heteroatoms. The van der Waals surface area contributed by atoms with E-state index in [2.05, 4.69) is 108 Å². The van der Waals surface area contributed by atoms with Crippen LogP contribution in [0.4, 0.5) is 16.3 Å². The number of benzene rings is 3. The zero-order valence-electron chi connectivity index (χ0n) is 34.5. The van der Waals surface area contributed by atoms with Crippen LogP contribution >= 0.6 is 0 Å². The fourth-order valence-electron chi connectivity index (χ4n) is 6.13. The highest BCUT2D eigenvalue weighted by molar-refractivity contribution is 6.74. The molecule has 3 atom stereocenters. The summed E-state index contributed by atoms with van der Waals surface area (Å²) in [5.74, 6) is 1.65. The van der Waals surface area contributed by atoms with Crippen LogP contribution in [0.25, 0.3) is 10.8 Å². The molecule has 0 saturated carbocycles. The summed E-state index contributed by atoms with van der Waals surface area (Å²) in [5.41, 5.74) is 1.15. The number of alkyl carbamates (subject to hydrolysis) is 1. The van der Waals surface area contributed by atoms with Gasteiger partial charge in [0.05, 0.1) is 32.1 Å². The Morgan fingerprint density at radius 3 is 2.39 bits per heavy atom. The molecule has 0 unspecified atom stereocenters. The number of para-hydroxylation sites is 1. The van der Waals surface area contributed by atoms with Crippen LogP contribution in [0, 0.1) is 0 Å². The van der Waals surface area contributed by atoms with Gasteiger partial charge in [-0.25, -0.2) is 9.59 Å². The molecule has 12 nitrogen and oxygen atoms in total. The summed E-state index contributed by atoms with van der Waals surface area (Å²) in [6.07, 6.45) is 1.02. The number of amides is 1. The average molecular weight is 803 g/mol. The van der Waals surface area contributed by atoms with E-state index in [4.69, 9.17) is 27.8 Å². The van der Waals surface area contributed by atoms with Crippen molar-refractivity contribution in [3.05, 3.63) is 82.9 Å². The normalized spacial score (nSPS) is 18.4. The number of nitrogens with zero attached hydrogens (tertiary/aromatic N) is 2. The maximum absolute atomic E-state index is 13.6. The van der Waals surface area contributed by atoms with Gasteiger partial charge in [-0.1, -0.05) is 90.1 Å². The third kappa shape index (κ3) is 9.48. The van der Waals surface area contributed by atoms with Crippen LogP contribution in [-0.4, -0.2) is 70.9 Å². The largest absolute Gasteiger partial charge is 0.489 e. The molecule has 1 aromatic heterocycles.